The maximum absolute atomic E-state index is 12.8. The second kappa shape index (κ2) is 10.1. The van der Waals surface area contributed by atoms with Crippen molar-refractivity contribution in [2.45, 2.75) is 33.0 Å². The lowest BCUT2D eigenvalue weighted by molar-refractivity contribution is 0.0946. The SMILES string of the molecule is CC(C)N(Cc1nc(C(=O)NCc2ccc3c(c2)OCO3)cs1)C(=O)Nc1ccc(Cl)cc1. The van der Waals surface area contributed by atoms with Crippen LogP contribution in [0.2, 0.25) is 5.02 Å². The average Bonchev–Trinajstić information content (AvgIpc) is 3.46. The Balaban J connectivity index is 1.35. The van der Waals surface area contributed by atoms with E-state index in [4.69, 9.17) is 21.1 Å². The zero-order valence-electron chi connectivity index (χ0n) is 18.1. The number of ether oxygens (including phenoxy) is 2. The first-order chi connectivity index (χ1) is 15.9. The van der Waals surface area contributed by atoms with E-state index in [9.17, 15) is 9.59 Å². The molecule has 0 atom stereocenters. The number of amides is 3. The summed E-state index contributed by atoms with van der Waals surface area (Å²) in [5.74, 6) is 1.09. The summed E-state index contributed by atoms with van der Waals surface area (Å²) in [6.07, 6.45) is 0. The molecule has 0 aliphatic carbocycles. The smallest absolute Gasteiger partial charge is 0.322 e. The highest BCUT2D eigenvalue weighted by Gasteiger charge is 2.20. The van der Waals surface area contributed by atoms with Crippen molar-refractivity contribution in [3.63, 3.8) is 0 Å². The van der Waals surface area contributed by atoms with Gasteiger partial charge in [0.25, 0.3) is 5.91 Å². The number of thiazole rings is 1. The highest BCUT2D eigenvalue weighted by atomic mass is 35.5. The number of benzene rings is 2. The molecule has 1 aromatic heterocycles. The Labute approximate surface area is 200 Å². The molecule has 3 amide bonds. The number of carbonyl (C=O) groups is 2. The minimum absolute atomic E-state index is 0.0653. The molecule has 0 saturated heterocycles. The largest absolute Gasteiger partial charge is 0.454 e. The first kappa shape index (κ1) is 22.9. The topological polar surface area (TPSA) is 92.8 Å². The third-order valence-electron chi connectivity index (χ3n) is 4.96. The molecular formula is C23H23ClN4O4S. The van der Waals surface area contributed by atoms with Crippen molar-refractivity contribution < 1.29 is 19.1 Å². The van der Waals surface area contributed by atoms with Crippen LogP contribution in [0.4, 0.5) is 10.5 Å². The Morgan fingerprint density at radius 3 is 2.67 bits per heavy atom. The highest BCUT2D eigenvalue weighted by molar-refractivity contribution is 7.09. The molecule has 33 heavy (non-hydrogen) atoms. The standard InChI is InChI=1S/C23H23ClN4O4S/c1-14(2)28(23(30)26-17-6-4-16(24)5-7-17)11-21-27-18(12-33-21)22(29)25-10-15-3-8-19-20(9-15)32-13-31-19/h3-9,12,14H,10-11,13H2,1-2H3,(H,25,29)(H,26,30). The Hall–Kier alpha value is -3.30. The van der Waals surface area contributed by atoms with Gasteiger partial charge in [0.15, 0.2) is 11.5 Å². The maximum Gasteiger partial charge on any atom is 0.322 e. The van der Waals surface area contributed by atoms with Crippen LogP contribution in [0.1, 0.15) is 34.9 Å². The first-order valence-corrected chi connectivity index (χ1v) is 11.6. The number of carbonyl (C=O) groups excluding carboxylic acids is 2. The Morgan fingerprint density at radius 2 is 1.91 bits per heavy atom. The number of urea groups is 1. The van der Waals surface area contributed by atoms with Crippen molar-refractivity contribution in [2.24, 2.45) is 0 Å². The van der Waals surface area contributed by atoms with Crippen molar-refractivity contribution in [3.8, 4) is 11.5 Å². The first-order valence-electron chi connectivity index (χ1n) is 10.3. The van der Waals surface area contributed by atoms with Crippen LogP contribution in [0.3, 0.4) is 0 Å². The Kier molecular flexibility index (Phi) is 7.00. The molecule has 1 aliphatic heterocycles. The molecule has 10 heteroatoms. The fourth-order valence-electron chi connectivity index (χ4n) is 3.17. The van der Waals surface area contributed by atoms with E-state index in [1.807, 2.05) is 32.0 Å². The van der Waals surface area contributed by atoms with E-state index in [1.165, 1.54) is 11.3 Å². The fourth-order valence-corrected chi connectivity index (χ4v) is 4.07. The van der Waals surface area contributed by atoms with Crippen LogP contribution in [0.5, 0.6) is 11.5 Å². The average molecular weight is 487 g/mol. The summed E-state index contributed by atoms with van der Waals surface area (Å²) < 4.78 is 10.7. The van der Waals surface area contributed by atoms with E-state index >= 15 is 0 Å². The summed E-state index contributed by atoms with van der Waals surface area (Å²) in [5.41, 5.74) is 1.86. The molecule has 0 spiro atoms. The fraction of sp³-hybridized carbons (Fsp3) is 0.261. The number of nitrogens with one attached hydrogen (secondary N) is 2. The quantitative estimate of drug-likeness (QED) is 0.495. The summed E-state index contributed by atoms with van der Waals surface area (Å²) in [6.45, 7) is 4.68. The predicted molar refractivity (Wildman–Crippen MR) is 127 cm³/mol. The minimum Gasteiger partial charge on any atom is -0.454 e. The van der Waals surface area contributed by atoms with Crippen LogP contribution >= 0.6 is 22.9 Å². The molecule has 0 bridgehead atoms. The van der Waals surface area contributed by atoms with Gasteiger partial charge in [-0.2, -0.15) is 0 Å². The Bertz CT molecular complexity index is 1150. The number of nitrogens with zero attached hydrogens (tertiary/aromatic N) is 2. The number of halogens is 1. The van der Waals surface area contributed by atoms with Crippen molar-refractivity contribution in [1.82, 2.24) is 15.2 Å². The molecular weight excluding hydrogens is 464 g/mol. The van der Waals surface area contributed by atoms with Crippen molar-refractivity contribution in [2.75, 3.05) is 12.1 Å². The maximum atomic E-state index is 12.8. The van der Waals surface area contributed by atoms with Crippen molar-refractivity contribution in [3.05, 3.63) is 69.1 Å². The van der Waals surface area contributed by atoms with Gasteiger partial charge >= 0.3 is 6.03 Å². The number of rotatable bonds is 7. The third-order valence-corrected chi connectivity index (χ3v) is 6.05. The molecule has 0 saturated carbocycles. The summed E-state index contributed by atoms with van der Waals surface area (Å²) in [4.78, 5) is 31.4. The lowest BCUT2D eigenvalue weighted by Crippen LogP contribution is -2.39. The van der Waals surface area contributed by atoms with Crippen LogP contribution in [0, 0.1) is 0 Å². The minimum atomic E-state index is -0.281. The number of fused-ring (bicyclic) bond motifs is 1. The molecule has 3 aromatic rings. The number of anilines is 1. The molecule has 2 N–H and O–H groups in total. The van der Waals surface area contributed by atoms with E-state index in [0.29, 0.717) is 39.5 Å². The van der Waals surface area contributed by atoms with Gasteiger partial charge in [-0.25, -0.2) is 9.78 Å². The van der Waals surface area contributed by atoms with E-state index in [2.05, 4.69) is 15.6 Å². The number of hydrogen-bond acceptors (Lipinski definition) is 6. The zero-order valence-corrected chi connectivity index (χ0v) is 19.7. The van der Waals surface area contributed by atoms with Gasteiger partial charge in [0.1, 0.15) is 10.7 Å². The second-order valence-corrected chi connectivity index (χ2v) is 9.03. The highest BCUT2D eigenvalue weighted by Crippen LogP contribution is 2.32. The zero-order chi connectivity index (χ0) is 23.4. The molecule has 4 rings (SSSR count). The molecule has 0 unspecified atom stereocenters. The summed E-state index contributed by atoms with van der Waals surface area (Å²) in [5, 5.41) is 8.69. The van der Waals surface area contributed by atoms with Gasteiger partial charge in [0.2, 0.25) is 6.79 Å². The third kappa shape index (κ3) is 5.74. The van der Waals surface area contributed by atoms with Gasteiger partial charge in [0.05, 0.1) is 6.54 Å². The van der Waals surface area contributed by atoms with E-state index < -0.39 is 0 Å². The summed E-state index contributed by atoms with van der Waals surface area (Å²) in [7, 11) is 0. The van der Waals surface area contributed by atoms with Gasteiger partial charge in [-0.1, -0.05) is 17.7 Å². The number of aromatic nitrogens is 1. The van der Waals surface area contributed by atoms with Gasteiger partial charge in [-0.3, -0.25) is 4.79 Å². The van der Waals surface area contributed by atoms with E-state index in [-0.39, 0.29) is 31.3 Å². The molecule has 1 aliphatic rings. The molecule has 8 nitrogen and oxygen atoms in total. The van der Waals surface area contributed by atoms with Gasteiger partial charge < -0.3 is 25.0 Å². The predicted octanol–water partition coefficient (Wildman–Crippen LogP) is 4.90. The van der Waals surface area contributed by atoms with E-state index in [0.717, 1.165) is 5.56 Å². The van der Waals surface area contributed by atoms with E-state index in [1.54, 1.807) is 34.5 Å². The monoisotopic (exact) mass is 486 g/mol. The molecule has 172 valence electrons. The molecule has 0 radical (unpaired) electrons. The van der Waals surface area contributed by atoms with Crippen LogP contribution in [0.25, 0.3) is 0 Å². The normalized spacial score (nSPS) is 12.0. The van der Waals surface area contributed by atoms with Crippen LogP contribution in [-0.4, -0.2) is 34.7 Å². The van der Waals surface area contributed by atoms with Crippen LogP contribution in [-0.2, 0) is 13.1 Å². The van der Waals surface area contributed by atoms with Gasteiger partial charge in [-0.05, 0) is 55.8 Å². The summed E-state index contributed by atoms with van der Waals surface area (Å²) >= 11 is 7.24. The number of hydrogen-bond donors (Lipinski definition) is 2. The van der Waals surface area contributed by atoms with Crippen molar-refractivity contribution >= 4 is 40.6 Å². The lowest BCUT2D eigenvalue weighted by atomic mass is 10.2. The van der Waals surface area contributed by atoms with Gasteiger partial charge in [0, 0.05) is 28.7 Å². The molecule has 0 fully saturated rings. The second-order valence-electron chi connectivity index (χ2n) is 7.66. The van der Waals surface area contributed by atoms with Crippen LogP contribution < -0.4 is 20.1 Å². The molecule has 2 heterocycles. The van der Waals surface area contributed by atoms with Gasteiger partial charge in [-0.15, -0.1) is 11.3 Å². The lowest BCUT2D eigenvalue weighted by Gasteiger charge is -2.26. The van der Waals surface area contributed by atoms with Crippen LogP contribution in [0.15, 0.2) is 47.8 Å². The Morgan fingerprint density at radius 1 is 1.15 bits per heavy atom. The van der Waals surface area contributed by atoms with Crippen molar-refractivity contribution in [1.29, 1.82) is 0 Å². The molecule has 2 aromatic carbocycles. The summed E-state index contributed by atoms with van der Waals surface area (Å²) in [6, 6.07) is 12.1.